The number of carbonyl (C=O) groups excluding carboxylic acids is 1. The van der Waals surface area contributed by atoms with Crippen molar-refractivity contribution < 1.29 is 4.79 Å². The number of rotatable bonds is 5. The van der Waals surface area contributed by atoms with Gasteiger partial charge in [-0.1, -0.05) is 23.7 Å². The molecule has 3 aromatic rings. The third-order valence-corrected chi connectivity index (χ3v) is 4.65. The number of benzene rings is 2. The summed E-state index contributed by atoms with van der Waals surface area (Å²) in [7, 11) is 0. The van der Waals surface area contributed by atoms with Crippen molar-refractivity contribution in [3.05, 3.63) is 89.2 Å². The number of nitrogens with one attached hydrogen (secondary N) is 1. The van der Waals surface area contributed by atoms with Gasteiger partial charge in [0, 0.05) is 39.3 Å². The molecule has 1 heterocycles. The van der Waals surface area contributed by atoms with Gasteiger partial charge in [0.2, 0.25) is 0 Å². The molecule has 2 aromatic carbocycles. The lowest BCUT2D eigenvalue weighted by atomic mass is 10.2. The molecule has 0 aliphatic rings. The predicted molar refractivity (Wildman–Crippen MR) is 99.6 cm³/mol. The van der Waals surface area contributed by atoms with Crippen molar-refractivity contribution in [3.63, 3.8) is 0 Å². The van der Waals surface area contributed by atoms with Gasteiger partial charge in [0.15, 0.2) is 0 Å². The molecule has 5 heteroatoms. The molecule has 1 N–H and O–H groups in total. The summed E-state index contributed by atoms with van der Waals surface area (Å²) in [6.45, 7) is 0. The van der Waals surface area contributed by atoms with E-state index in [4.69, 9.17) is 11.6 Å². The van der Waals surface area contributed by atoms with Crippen molar-refractivity contribution in [2.24, 2.45) is 0 Å². The van der Waals surface area contributed by atoms with E-state index in [9.17, 15) is 4.79 Å². The number of hydrogen-bond donors (Lipinski definition) is 1. The highest BCUT2D eigenvalue weighted by atomic mass is 35.5. The number of hydrogen-bond acceptors (Lipinski definition) is 3. The fourth-order valence-corrected chi connectivity index (χ4v) is 3.15. The Morgan fingerprint density at radius 1 is 1.08 bits per heavy atom. The van der Waals surface area contributed by atoms with Crippen LogP contribution in [0.5, 0.6) is 0 Å². The maximum atomic E-state index is 12.2. The van der Waals surface area contributed by atoms with Gasteiger partial charge in [-0.05, 0) is 54.1 Å². The quantitative estimate of drug-likeness (QED) is 0.634. The molecule has 0 radical (unpaired) electrons. The van der Waals surface area contributed by atoms with Crippen LogP contribution >= 0.6 is 23.4 Å². The largest absolute Gasteiger partial charge is 0.322 e. The summed E-state index contributed by atoms with van der Waals surface area (Å²) in [5.74, 6) is 0.697. The number of anilines is 1. The highest BCUT2D eigenvalue weighted by Crippen LogP contribution is 2.23. The van der Waals surface area contributed by atoms with Crippen molar-refractivity contribution in [1.29, 1.82) is 0 Å². The van der Waals surface area contributed by atoms with Gasteiger partial charge in [-0.25, -0.2) is 0 Å². The second-order valence-corrected chi connectivity index (χ2v) is 6.62. The van der Waals surface area contributed by atoms with E-state index in [1.807, 2.05) is 48.7 Å². The van der Waals surface area contributed by atoms with E-state index in [1.165, 1.54) is 5.56 Å². The Morgan fingerprint density at radius 3 is 2.62 bits per heavy atom. The fraction of sp³-hybridized carbons (Fsp3) is 0.0526. The molecule has 3 nitrogen and oxygen atoms in total. The van der Waals surface area contributed by atoms with E-state index in [0.717, 1.165) is 10.6 Å². The van der Waals surface area contributed by atoms with Crippen LogP contribution in [0.15, 0.2) is 78.0 Å². The molecule has 0 atom stereocenters. The van der Waals surface area contributed by atoms with Gasteiger partial charge in [-0.15, -0.1) is 11.8 Å². The topological polar surface area (TPSA) is 42.0 Å². The van der Waals surface area contributed by atoms with Gasteiger partial charge >= 0.3 is 0 Å². The molecule has 0 bridgehead atoms. The number of nitrogens with zero attached hydrogens (tertiary/aromatic N) is 1. The zero-order valence-electron chi connectivity index (χ0n) is 12.8. The van der Waals surface area contributed by atoms with Crippen LogP contribution in [-0.2, 0) is 5.75 Å². The maximum absolute atomic E-state index is 12.2. The van der Waals surface area contributed by atoms with Gasteiger partial charge < -0.3 is 5.32 Å². The third-order valence-electron chi connectivity index (χ3n) is 3.33. The van der Waals surface area contributed by atoms with Crippen molar-refractivity contribution in [2.75, 3.05) is 5.32 Å². The molecule has 3 rings (SSSR count). The van der Waals surface area contributed by atoms with Crippen molar-refractivity contribution in [1.82, 2.24) is 4.98 Å². The van der Waals surface area contributed by atoms with Crippen LogP contribution in [0, 0.1) is 0 Å². The van der Waals surface area contributed by atoms with E-state index in [0.29, 0.717) is 16.3 Å². The Balaban J connectivity index is 1.60. The standard InChI is InChI=1S/C19H15ClN2OS/c20-16-4-1-5-17(11-16)22-19(23)15-6-8-18(9-7-15)24-13-14-3-2-10-21-12-14/h1-12H,13H2,(H,22,23). The highest BCUT2D eigenvalue weighted by molar-refractivity contribution is 7.98. The second-order valence-electron chi connectivity index (χ2n) is 5.14. The molecule has 0 saturated carbocycles. The monoisotopic (exact) mass is 354 g/mol. The smallest absolute Gasteiger partial charge is 0.255 e. The Bertz CT molecular complexity index is 822. The minimum absolute atomic E-state index is 0.152. The molecule has 0 spiro atoms. The number of pyridine rings is 1. The van der Waals surface area contributed by atoms with Gasteiger partial charge in [0.25, 0.3) is 5.91 Å². The van der Waals surface area contributed by atoms with Crippen molar-refractivity contribution >= 4 is 35.0 Å². The molecule has 1 amide bonds. The SMILES string of the molecule is O=C(Nc1cccc(Cl)c1)c1ccc(SCc2cccnc2)cc1. The van der Waals surface area contributed by atoms with E-state index < -0.39 is 0 Å². The van der Waals surface area contributed by atoms with E-state index in [-0.39, 0.29) is 5.91 Å². The first kappa shape index (κ1) is 16.6. The molecule has 0 unspecified atom stereocenters. The van der Waals surface area contributed by atoms with Gasteiger partial charge in [0.1, 0.15) is 0 Å². The normalized spacial score (nSPS) is 10.4. The fourth-order valence-electron chi connectivity index (χ4n) is 2.12. The van der Waals surface area contributed by atoms with E-state index in [2.05, 4.69) is 10.3 Å². The summed E-state index contributed by atoms with van der Waals surface area (Å²) in [5.41, 5.74) is 2.47. The molecule has 0 saturated heterocycles. The summed E-state index contributed by atoms with van der Waals surface area (Å²) in [6, 6.07) is 18.6. The third kappa shape index (κ3) is 4.60. The Morgan fingerprint density at radius 2 is 1.92 bits per heavy atom. The number of thioether (sulfide) groups is 1. The molecule has 0 fully saturated rings. The minimum atomic E-state index is -0.152. The van der Waals surface area contributed by atoms with Crippen molar-refractivity contribution in [3.8, 4) is 0 Å². The predicted octanol–water partition coefficient (Wildman–Crippen LogP) is 5.28. The summed E-state index contributed by atoms with van der Waals surface area (Å²) >= 11 is 7.63. The average Bonchev–Trinajstić information content (AvgIpc) is 2.61. The molecular formula is C19H15ClN2OS. The van der Waals surface area contributed by atoms with Crippen LogP contribution in [0.4, 0.5) is 5.69 Å². The Hall–Kier alpha value is -2.30. The van der Waals surface area contributed by atoms with Gasteiger partial charge in [-0.2, -0.15) is 0 Å². The average molecular weight is 355 g/mol. The summed E-state index contributed by atoms with van der Waals surface area (Å²) in [6.07, 6.45) is 3.63. The lowest BCUT2D eigenvalue weighted by Gasteiger charge is -2.07. The summed E-state index contributed by atoms with van der Waals surface area (Å²) < 4.78 is 0. The van der Waals surface area contributed by atoms with Crippen LogP contribution < -0.4 is 5.32 Å². The Labute approximate surface area is 150 Å². The Kier molecular flexibility index (Phi) is 5.51. The molecule has 24 heavy (non-hydrogen) atoms. The molecule has 0 aliphatic carbocycles. The lowest BCUT2D eigenvalue weighted by Crippen LogP contribution is -2.11. The number of aromatic nitrogens is 1. The van der Waals surface area contributed by atoms with Crippen LogP contribution in [0.25, 0.3) is 0 Å². The van der Waals surface area contributed by atoms with Crippen LogP contribution in [-0.4, -0.2) is 10.9 Å². The number of carbonyl (C=O) groups is 1. The summed E-state index contributed by atoms with van der Waals surface area (Å²) in [4.78, 5) is 17.5. The molecule has 0 aliphatic heterocycles. The molecule has 1 aromatic heterocycles. The van der Waals surface area contributed by atoms with E-state index >= 15 is 0 Å². The zero-order chi connectivity index (χ0) is 16.8. The molecule has 120 valence electrons. The molecular weight excluding hydrogens is 340 g/mol. The minimum Gasteiger partial charge on any atom is -0.322 e. The number of amides is 1. The van der Waals surface area contributed by atoms with Gasteiger partial charge in [0.05, 0.1) is 0 Å². The van der Waals surface area contributed by atoms with Crippen molar-refractivity contribution in [2.45, 2.75) is 10.6 Å². The second kappa shape index (κ2) is 7.99. The first-order chi connectivity index (χ1) is 11.7. The zero-order valence-corrected chi connectivity index (χ0v) is 14.3. The van der Waals surface area contributed by atoms with Gasteiger partial charge in [-0.3, -0.25) is 9.78 Å². The van der Waals surface area contributed by atoms with Crippen LogP contribution in [0.1, 0.15) is 15.9 Å². The first-order valence-electron chi connectivity index (χ1n) is 7.39. The maximum Gasteiger partial charge on any atom is 0.255 e. The lowest BCUT2D eigenvalue weighted by molar-refractivity contribution is 0.102. The summed E-state index contributed by atoms with van der Waals surface area (Å²) in [5, 5.41) is 3.43. The van der Waals surface area contributed by atoms with Crippen LogP contribution in [0.2, 0.25) is 5.02 Å². The number of halogens is 1. The van der Waals surface area contributed by atoms with E-state index in [1.54, 1.807) is 36.2 Å². The first-order valence-corrected chi connectivity index (χ1v) is 8.76. The van der Waals surface area contributed by atoms with Crippen LogP contribution in [0.3, 0.4) is 0 Å². The highest BCUT2D eigenvalue weighted by Gasteiger charge is 2.06.